The summed E-state index contributed by atoms with van der Waals surface area (Å²) in [6, 6.07) is 30.5. The van der Waals surface area contributed by atoms with E-state index < -0.39 is 11.9 Å². The van der Waals surface area contributed by atoms with Crippen molar-refractivity contribution in [2.75, 3.05) is 0 Å². The Morgan fingerprint density at radius 2 is 1.48 bits per heavy atom. The fourth-order valence-corrected chi connectivity index (χ4v) is 3.74. The van der Waals surface area contributed by atoms with Crippen LogP contribution < -0.4 is 15.8 Å². The molecule has 4 aromatic carbocycles. The highest BCUT2D eigenvalue weighted by atomic mass is 16.5. The zero-order chi connectivity index (χ0) is 23.0. The molecule has 0 bridgehead atoms. The molecule has 5 nitrogen and oxygen atoms in total. The Labute approximate surface area is 193 Å². The Balaban J connectivity index is 1.37. The van der Waals surface area contributed by atoms with Crippen molar-refractivity contribution in [3.8, 4) is 5.75 Å². The van der Waals surface area contributed by atoms with Gasteiger partial charge in [-0.25, -0.2) is 0 Å². The van der Waals surface area contributed by atoms with Crippen molar-refractivity contribution in [3.05, 3.63) is 114 Å². The summed E-state index contributed by atoms with van der Waals surface area (Å²) in [4.78, 5) is 24.7. The molecule has 0 aromatic heterocycles. The van der Waals surface area contributed by atoms with Gasteiger partial charge < -0.3 is 15.8 Å². The van der Waals surface area contributed by atoms with Gasteiger partial charge in [0, 0.05) is 6.42 Å². The number of nitrogens with one attached hydrogen (secondary N) is 1. The molecule has 0 saturated carbocycles. The van der Waals surface area contributed by atoms with Gasteiger partial charge in [0.25, 0.3) is 0 Å². The molecule has 0 fully saturated rings. The van der Waals surface area contributed by atoms with Gasteiger partial charge in [-0.2, -0.15) is 0 Å². The van der Waals surface area contributed by atoms with Crippen molar-refractivity contribution in [1.29, 1.82) is 0 Å². The van der Waals surface area contributed by atoms with Crippen LogP contribution in [0.4, 0.5) is 0 Å². The van der Waals surface area contributed by atoms with Crippen LogP contribution in [0.1, 0.15) is 16.7 Å². The summed E-state index contributed by atoms with van der Waals surface area (Å²) in [5.74, 6) is -0.120. The van der Waals surface area contributed by atoms with E-state index >= 15 is 0 Å². The van der Waals surface area contributed by atoms with Gasteiger partial charge in [0.15, 0.2) is 0 Å². The summed E-state index contributed by atoms with van der Waals surface area (Å²) >= 11 is 0. The normalized spacial score (nSPS) is 11.6. The maximum atomic E-state index is 12.6. The summed E-state index contributed by atoms with van der Waals surface area (Å²) in [5, 5.41) is 4.97. The standard InChI is InChI=1S/C28H26N2O3/c29-28(32)26(30-27(31)18-22-13-14-23-10-4-5-11-24(23)15-22)17-21-9-6-12-25(16-21)33-19-20-7-2-1-3-8-20/h1-16,26H,17-19H2,(H2,29,32)(H,30,31)/t26-/m0/s1. The maximum absolute atomic E-state index is 12.6. The first kappa shape index (κ1) is 22.1. The van der Waals surface area contributed by atoms with E-state index in [0.717, 1.165) is 27.5 Å². The maximum Gasteiger partial charge on any atom is 0.240 e. The molecule has 3 N–H and O–H groups in total. The molecule has 0 heterocycles. The average molecular weight is 439 g/mol. The van der Waals surface area contributed by atoms with Crippen molar-refractivity contribution in [1.82, 2.24) is 5.32 Å². The summed E-state index contributed by atoms with van der Waals surface area (Å²) in [6.45, 7) is 0.450. The molecule has 4 rings (SSSR count). The predicted molar refractivity (Wildman–Crippen MR) is 130 cm³/mol. The van der Waals surface area contributed by atoms with Crippen molar-refractivity contribution in [2.24, 2.45) is 5.73 Å². The summed E-state index contributed by atoms with van der Waals surface area (Å²) in [7, 11) is 0. The van der Waals surface area contributed by atoms with E-state index in [1.807, 2.05) is 97.1 Å². The number of rotatable bonds is 9. The van der Waals surface area contributed by atoms with Crippen molar-refractivity contribution < 1.29 is 14.3 Å². The van der Waals surface area contributed by atoms with Crippen LogP contribution >= 0.6 is 0 Å². The largest absolute Gasteiger partial charge is 0.489 e. The van der Waals surface area contributed by atoms with Gasteiger partial charge in [0.05, 0.1) is 6.42 Å². The molecule has 0 unspecified atom stereocenters. The highest BCUT2D eigenvalue weighted by Gasteiger charge is 2.19. The summed E-state index contributed by atoms with van der Waals surface area (Å²) < 4.78 is 5.87. The SMILES string of the molecule is NC(=O)[C@H](Cc1cccc(OCc2ccccc2)c1)NC(=O)Cc1ccc2ccccc2c1. The lowest BCUT2D eigenvalue weighted by Gasteiger charge is -2.16. The van der Waals surface area contributed by atoms with Crippen LogP contribution in [0.5, 0.6) is 5.75 Å². The lowest BCUT2D eigenvalue weighted by Crippen LogP contribution is -2.46. The topological polar surface area (TPSA) is 81.4 Å². The molecule has 33 heavy (non-hydrogen) atoms. The minimum Gasteiger partial charge on any atom is -0.489 e. The highest BCUT2D eigenvalue weighted by Crippen LogP contribution is 2.18. The number of benzene rings is 4. The van der Waals surface area contributed by atoms with Crippen LogP contribution in [0, 0.1) is 0 Å². The molecule has 5 heteroatoms. The third-order valence-electron chi connectivity index (χ3n) is 5.44. The molecule has 1 atom stereocenters. The molecular weight excluding hydrogens is 412 g/mol. The van der Waals surface area contributed by atoms with Gasteiger partial charge in [-0.15, -0.1) is 0 Å². The molecule has 0 aliphatic heterocycles. The predicted octanol–water partition coefficient (Wildman–Crippen LogP) is 4.17. The summed E-state index contributed by atoms with van der Waals surface area (Å²) in [6.07, 6.45) is 0.468. The molecular formula is C28H26N2O3. The van der Waals surface area contributed by atoms with Crippen LogP contribution in [0.15, 0.2) is 97.1 Å². The Bertz CT molecular complexity index is 1250. The Morgan fingerprint density at radius 1 is 0.758 bits per heavy atom. The van der Waals surface area contributed by atoms with E-state index in [-0.39, 0.29) is 12.3 Å². The molecule has 0 spiro atoms. The zero-order valence-corrected chi connectivity index (χ0v) is 18.2. The van der Waals surface area contributed by atoms with E-state index in [9.17, 15) is 9.59 Å². The second kappa shape index (κ2) is 10.5. The number of amides is 2. The number of carbonyl (C=O) groups is 2. The Hall–Kier alpha value is -4.12. The first-order chi connectivity index (χ1) is 16.1. The molecule has 0 aliphatic carbocycles. The van der Waals surface area contributed by atoms with Gasteiger partial charge in [-0.05, 0) is 39.6 Å². The third kappa shape index (κ3) is 6.20. The number of ether oxygens (including phenoxy) is 1. The number of fused-ring (bicyclic) bond motifs is 1. The van der Waals surface area contributed by atoms with E-state index in [4.69, 9.17) is 10.5 Å². The number of hydrogen-bond donors (Lipinski definition) is 2. The molecule has 0 saturated heterocycles. The molecule has 166 valence electrons. The number of hydrogen-bond acceptors (Lipinski definition) is 3. The molecule has 0 aliphatic rings. The molecule has 2 amide bonds. The van der Waals surface area contributed by atoms with Gasteiger partial charge in [-0.1, -0.05) is 84.9 Å². The lowest BCUT2D eigenvalue weighted by molar-refractivity contribution is -0.127. The van der Waals surface area contributed by atoms with Crippen LogP contribution in [0.2, 0.25) is 0 Å². The van der Waals surface area contributed by atoms with E-state index in [1.54, 1.807) is 0 Å². The van der Waals surface area contributed by atoms with Crippen LogP contribution in [-0.2, 0) is 29.0 Å². The third-order valence-corrected chi connectivity index (χ3v) is 5.44. The van der Waals surface area contributed by atoms with E-state index in [0.29, 0.717) is 18.8 Å². The minimum atomic E-state index is -0.803. The quantitative estimate of drug-likeness (QED) is 0.411. The second-order valence-corrected chi connectivity index (χ2v) is 8.01. The smallest absolute Gasteiger partial charge is 0.240 e. The van der Waals surface area contributed by atoms with Crippen LogP contribution in [-0.4, -0.2) is 17.9 Å². The minimum absolute atomic E-state index is 0.175. The summed E-state index contributed by atoms with van der Waals surface area (Å²) in [5.41, 5.74) is 8.39. The van der Waals surface area contributed by atoms with Crippen LogP contribution in [0.25, 0.3) is 10.8 Å². The first-order valence-corrected chi connectivity index (χ1v) is 10.9. The van der Waals surface area contributed by atoms with Gasteiger partial charge in [0.1, 0.15) is 18.4 Å². The second-order valence-electron chi connectivity index (χ2n) is 8.01. The van der Waals surface area contributed by atoms with Gasteiger partial charge >= 0.3 is 0 Å². The Kier molecular flexibility index (Phi) is 7.00. The van der Waals surface area contributed by atoms with Crippen molar-refractivity contribution in [2.45, 2.75) is 25.5 Å². The van der Waals surface area contributed by atoms with Crippen LogP contribution in [0.3, 0.4) is 0 Å². The van der Waals surface area contributed by atoms with Gasteiger partial charge in [-0.3, -0.25) is 9.59 Å². The molecule has 0 radical (unpaired) electrons. The van der Waals surface area contributed by atoms with Gasteiger partial charge in [0.2, 0.25) is 11.8 Å². The monoisotopic (exact) mass is 438 g/mol. The van der Waals surface area contributed by atoms with Crippen molar-refractivity contribution >= 4 is 22.6 Å². The Morgan fingerprint density at radius 3 is 2.27 bits per heavy atom. The van der Waals surface area contributed by atoms with E-state index in [1.165, 1.54) is 0 Å². The average Bonchev–Trinajstić information content (AvgIpc) is 2.83. The zero-order valence-electron chi connectivity index (χ0n) is 18.2. The number of primary amides is 1. The fourth-order valence-electron chi connectivity index (χ4n) is 3.74. The molecule has 4 aromatic rings. The van der Waals surface area contributed by atoms with Crippen molar-refractivity contribution in [3.63, 3.8) is 0 Å². The number of carbonyl (C=O) groups excluding carboxylic acids is 2. The van der Waals surface area contributed by atoms with E-state index in [2.05, 4.69) is 5.32 Å². The lowest BCUT2D eigenvalue weighted by atomic mass is 10.0. The fraction of sp³-hybridized carbons (Fsp3) is 0.143. The highest BCUT2D eigenvalue weighted by molar-refractivity contribution is 5.89. The number of nitrogens with two attached hydrogens (primary N) is 1. The first-order valence-electron chi connectivity index (χ1n) is 10.9.